The number of hydrogen-bond acceptors (Lipinski definition) is 4. The minimum atomic E-state index is 0.0191. The lowest BCUT2D eigenvalue weighted by Crippen LogP contribution is -2.06. The molecule has 0 spiro atoms. The van der Waals surface area contributed by atoms with Gasteiger partial charge in [-0.2, -0.15) is 5.10 Å². The van der Waals surface area contributed by atoms with Crippen molar-refractivity contribution in [3.8, 4) is 5.75 Å². The molecule has 0 unspecified atom stereocenters. The summed E-state index contributed by atoms with van der Waals surface area (Å²) in [5.74, 6) is 0.607. The van der Waals surface area contributed by atoms with E-state index in [4.69, 9.17) is 4.74 Å². The van der Waals surface area contributed by atoms with Gasteiger partial charge in [0.2, 0.25) is 0 Å². The van der Waals surface area contributed by atoms with Crippen LogP contribution in [-0.4, -0.2) is 27.7 Å². The van der Waals surface area contributed by atoms with E-state index in [0.717, 1.165) is 17.0 Å². The van der Waals surface area contributed by atoms with Crippen molar-refractivity contribution >= 4 is 5.78 Å². The Hall–Kier alpha value is -2.17. The third-order valence-electron chi connectivity index (χ3n) is 3.27. The fourth-order valence-corrected chi connectivity index (χ4v) is 2.02. The summed E-state index contributed by atoms with van der Waals surface area (Å²) in [6.45, 7) is 3.88. The molecule has 2 aromatic rings. The molecule has 0 saturated heterocycles. The van der Waals surface area contributed by atoms with E-state index in [1.165, 1.54) is 0 Å². The molecule has 0 saturated carbocycles. The summed E-state index contributed by atoms with van der Waals surface area (Å²) in [7, 11) is 3.43. The highest BCUT2D eigenvalue weighted by Gasteiger charge is 2.15. The number of aromatic nitrogens is 3. The van der Waals surface area contributed by atoms with E-state index >= 15 is 0 Å². The molecule has 0 radical (unpaired) electrons. The van der Waals surface area contributed by atoms with Crippen LogP contribution < -0.4 is 4.74 Å². The lowest BCUT2D eigenvalue weighted by Gasteiger charge is -2.04. The maximum Gasteiger partial charge on any atom is 0.169 e. The summed E-state index contributed by atoms with van der Waals surface area (Å²) < 4.78 is 6.87. The molecule has 0 amide bonds. The van der Waals surface area contributed by atoms with Crippen LogP contribution >= 0.6 is 0 Å². The second-order valence-electron chi connectivity index (χ2n) is 4.49. The van der Waals surface area contributed by atoms with Crippen molar-refractivity contribution in [2.24, 2.45) is 7.05 Å². The molecule has 0 bridgehead atoms. The topological polar surface area (TPSA) is 57.0 Å². The summed E-state index contributed by atoms with van der Waals surface area (Å²) in [5.41, 5.74) is 3.45. The zero-order valence-corrected chi connectivity index (χ0v) is 11.6. The number of ketones is 1. The highest BCUT2D eigenvalue weighted by molar-refractivity contribution is 5.97. The van der Waals surface area contributed by atoms with Crippen molar-refractivity contribution in [1.29, 1.82) is 0 Å². The highest BCUT2D eigenvalue weighted by atomic mass is 16.5. The average molecular weight is 259 g/mol. The number of aryl methyl sites for hydroxylation is 2. The second-order valence-corrected chi connectivity index (χ2v) is 4.49. The molecular formula is C14H17N3O2. The van der Waals surface area contributed by atoms with Gasteiger partial charge in [0.05, 0.1) is 19.0 Å². The fraction of sp³-hybridized carbons (Fsp3) is 0.357. The number of Topliss-reactive ketones (excluding diaryl/α,β-unsaturated/α-hetero) is 1. The summed E-state index contributed by atoms with van der Waals surface area (Å²) >= 11 is 0. The molecule has 0 aliphatic heterocycles. The van der Waals surface area contributed by atoms with Gasteiger partial charge in [0.25, 0.3) is 0 Å². The monoisotopic (exact) mass is 259 g/mol. The predicted molar refractivity (Wildman–Crippen MR) is 71.5 cm³/mol. The lowest BCUT2D eigenvalue weighted by atomic mass is 10.0. The van der Waals surface area contributed by atoms with Crippen LogP contribution in [0.3, 0.4) is 0 Å². The number of methoxy groups -OCH3 is 1. The van der Waals surface area contributed by atoms with Crippen molar-refractivity contribution in [2.75, 3.05) is 7.11 Å². The van der Waals surface area contributed by atoms with Crippen LogP contribution in [0, 0.1) is 13.8 Å². The molecule has 2 heterocycles. The maximum atomic E-state index is 12.3. The first kappa shape index (κ1) is 13.3. The first-order chi connectivity index (χ1) is 9.02. The molecule has 2 rings (SSSR count). The van der Waals surface area contributed by atoms with E-state index in [9.17, 15) is 4.79 Å². The zero-order chi connectivity index (χ0) is 14.0. The van der Waals surface area contributed by atoms with Crippen molar-refractivity contribution < 1.29 is 9.53 Å². The molecule has 0 N–H and O–H groups in total. The first-order valence-corrected chi connectivity index (χ1v) is 6.04. The van der Waals surface area contributed by atoms with Crippen LogP contribution in [0.5, 0.6) is 5.75 Å². The molecule has 2 aromatic heterocycles. The molecule has 0 fully saturated rings. The summed E-state index contributed by atoms with van der Waals surface area (Å²) in [6.07, 6.45) is 3.48. The van der Waals surface area contributed by atoms with Gasteiger partial charge < -0.3 is 4.74 Å². The van der Waals surface area contributed by atoms with Crippen molar-refractivity contribution in [2.45, 2.75) is 20.3 Å². The van der Waals surface area contributed by atoms with Crippen molar-refractivity contribution in [1.82, 2.24) is 14.8 Å². The Balaban J connectivity index is 2.25. The third-order valence-corrected chi connectivity index (χ3v) is 3.27. The fourth-order valence-electron chi connectivity index (χ4n) is 2.02. The van der Waals surface area contributed by atoms with Gasteiger partial charge in [-0.15, -0.1) is 0 Å². The maximum absolute atomic E-state index is 12.3. The predicted octanol–water partition coefficient (Wildman–Crippen LogP) is 1.87. The van der Waals surface area contributed by atoms with E-state index in [0.29, 0.717) is 17.7 Å². The summed E-state index contributed by atoms with van der Waals surface area (Å²) in [4.78, 5) is 16.3. The van der Waals surface area contributed by atoms with E-state index in [1.54, 1.807) is 30.3 Å². The number of nitrogens with zero attached hydrogens (tertiary/aromatic N) is 3. The van der Waals surface area contributed by atoms with Crippen molar-refractivity contribution in [3.63, 3.8) is 0 Å². The van der Waals surface area contributed by atoms with E-state index in [1.807, 2.05) is 20.9 Å². The van der Waals surface area contributed by atoms with Crippen molar-refractivity contribution in [3.05, 3.63) is 41.0 Å². The van der Waals surface area contributed by atoms with Gasteiger partial charge >= 0.3 is 0 Å². The largest absolute Gasteiger partial charge is 0.495 e. The number of carbonyl (C=O) groups is 1. The van der Waals surface area contributed by atoms with Crippen LogP contribution in [0.2, 0.25) is 0 Å². The molecule has 0 aliphatic rings. The standard InChI is InChI=1S/C14H17N3O2/c1-9-13(10(2)17(3)16-9)6-14(18)11-5-12(19-4)8-15-7-11/h5,7-8H,6H2,1-4H3. The van der Waals surface area contributed by atoms with Gasteiger partial charge in [-0.3, -0.25) is 14.5 Å². The minimum Gasteiger partial charge on any atom is -0.495 e. The minimum absolute atomic E-state index is 0.0191. The van der Waals surface area contributed by atoms with Crippen LogP contribution in [0.25, 0.3) is 0 Å². The Bertz CT molecular complexity index is 617. The van der Waals surface area contributed by atoms with Gasteiger partial charge in [-0.1, -0.05) is 0 Å². The Morgan fingerprint density at radius 3 is 2.68 bits per heavy atom. The van der Waals surface area contributed by atoms with Gasteiger partial charge in [0.15, 0.2) is 5.78 Å². The van der Waals surface area contributed by atoms with Crippen LogP contribution in [0.1, 0.15) is 27.3 Å². The number of carbonyl (C=O) groups excluding carboxylic acids is 1. The third kappa shape index (κ3) is 2.65. The lowest BCUT2D eigenvalue weighted by molar-refractivity contribution is 0.0992. The Kier molecular flexibility index (Phi) is 3.64. The van der Waals surface area contributed by atoms with Crippen LogP contribution in [-0.2, 0) is 13.5 Å². The van der Waals surface area contributed by atoms with E-state index < -0.39 is 0 Å². The molecule has 100 valence electrons. The Morgan fingerprint density at radius 2 is 2.11 bits per heavy atom. The average Bonchev–Trinajstić information content (AvgIpc) is 2.65. The molecule has 0 aliphatic carbocycles. The molecule has 5 heteroatoms. The van der Waals surface area contributed by atoms with E-state index in [2.05, 4.69) is 10.1 Å². The zero-order valence-electron chi connectivity index (χ0n) is 11.6. The molecule has 0 atom stereocenters. The summed E-state index contributed by atoms with van der Waals surface area (Å²) in [6, 6.07) is 1.70. The molecule has 0 aromatic carbocycles. The molecular weight excluding hydrogens is 242 g/mol. The smallest absolute Gasteiger partial charge is 0.169 e. The summed E-state index contributed by atoms with van der Waals surface area (Å²) in [5, 5.41) is 4.32. The van der Waals surface area contributed by atoms with Gasteiger partial charge in [0, 0.05) is 36.5 Å². The number of pyridine rings is 1. The van der Waals surface area contributed by atoms with E-state index in [-0.39, 0.29) is 5.78 Å². The van der Waals surface area contributed by atoms with Crippen LogP contribution in [0.15, 0.2) is 18.5 Å². The molecule has 19 heavy (non-hydrogen) atoms. The Morgan fingerprint density at radius 1 is 1.37 bits per heavy atom. The number of hydrogen-bond donors (Lipinski definition) is 0. The van der Waals surface area contributed by atoms with Gasteiger partial charge in [-0.05, 0) is 19.9 Å². The quantitative estimate of drug-likeness (QED) is 0.786. The van der Waals surface area contributed by atoms with Gasteiger partial charge in [-0.25, -0.2) is 0 Å². The number of ether oxygens (including phenoxy) is 1. The Labute approximate surface area is 112 Å². The second kappa shape index (κ2) is 5.22. The first-order valence-electron chi connectivity index (χ1n) is 6.04. The van der Waals surface area contributed by atoms with Gasteiger partial charge in [0.1, 0.15) is 5.75 Å². The number of rotatable bonds is 4. The highest BCUT2D eigenvalue weighted by Crippen LogP contribution is 2.17. The van der Waals surface area contributed by atoms with Crippen LogP contribution in [0.4, 0.5) is 0 Å². The SMILES string of the molecule is COc1cncc(C(=O)Cc2c(C)nn(C)c2C)c1. The molecule has 5 nitrogen and oxygen atoms in total. The normalized spacial score (nSPS) is 10.5.